The minimum absolute atomic E-state index is 0.322. The van der Waals surface area contributed by atoms with E-state index in [0.29, 0.717) is 11.3 Å². The molecule has 1 heteroatoms. The van der Waals surface area contributed by atoms with E-state index in [4.69, 9.17) is 0 Å². The molecule has 1 fully saturated rings. The van der Waals surface area contributed by atoms with Gasteiger partial charge < -0.3 is 0 Å². The molecule has 3 unspecified atom stereocenters. The van der Waals surface area contributed by atoms with Crippen molar-refractivity contribution < 1.29 is 0 Å². The van der Waals surface area contributed by atoms with Crippen LogP contribution in [0.3, 0.4) is 0 Å². The third kappa shape index (κ3) is 1.71. The minimum Gasteiger partial charge on any atom is -0.294 e. The molecule has 0 heterocycles. The molecule has 0 amide bonds. The summed E-state index contributed by atoms with van der Waals surface area (Å²) in [6.07, 6.45) is 7.22. The van der Waals surface area contributed by atoms with Gasteiger partial charge in [-0.1, -0.05) is 38.2 Å². The highest BCUT2D eigenvalue weighted by Crippen LogP contribution is 2.62. The van der Waals surface area contributed by atoms with Crippen molar-refractivity contribution >= 4 is 5.71 Å². The molecular weight excluding hydrogens is 206 g/mol. The van der Waals surface area contributed by atoms with Gasteiger partial charge in [0.2, 0.25) is 0 Å². The third-order valence-electron chi connectivity index (χ3n) is 5.07. The van der Waals surface area contributed by atoms with E-state index in [-0.39, 0.29) is 0 Å². The lowest BCUT2D eigenvalue weighted by Crippen LogP contribution is -2.53. The SMILES string of the molecule is C=C(CC)C12C=CC(C(C)=NCC)C(C1)[C@@H]2C. The Kier molecular flexibility index (Phi) is 3.29. The lowest BCUT2D eigenvalue weighted by atomic mass is 9.45. The number of nitrogens with zero attached hydrogens (tertiary/aromatic N) is 1. The van der Waals surface area contributed by atoms with E-state index in [0.717, 1.165) is 24.8 Å². The van der Waals surface area contributed by atoms with Gasteiger partial charge in [-0.3, -0.25) is 4.99 Å². The van der Waals surface area contributed by atoms with Gasteiger partial charge in [-0.25, -0.2) is 0 Å². The smallest absolute Gasteiger partial charge is 0.0360 e. The van der Waals surface area contributed by atoms with Crippen LogP contribution in [0, 0.1) is 23.2 Å². The summed E-state index contributed by atoms with van der Waals surface area (Å²) < 4.78 is 0. The Bertz CT molecular complexity index is 377. The summed E-state index contributed by atoms with van der Waals surface area (Å²) in [5.41, 5.74) is 3.06. The summed E-state index contributed by atoms with van der Waals surface area (Å²) >= 11 is 0. The lowest BCUT2D eigenvalue weighted by Gasteiger charge is -2.59. The second-order valence-corrected chi connectivity index (χ2v) is 5.65. The van der Waals surface area contributed by atoms with Crippen LogP contribution in [-0.4, -0.2) is 12.3 Å². The summed E-state index contributed by atoms with van der Waals surface area (Å²) in [6.45, 7) is 14.1. The Balaban J connectivity index is 2.23. The van der Waals surface area contributed by atoms with Crippen LogP contribution in [0.4, 0.5) is 0 Å². The fraction of sp³-hybridized carbons (Fsp3) is 0.688. The van der Waals surface area contributed by atoms with Crippen molar-refractivity contribution in [3.8, 4) is 0 Å². The molecule has 3 aliphatic rings. The summed E-state index contributed by atoms with van der Waals surface area (Å²) in [5, 5.41) is 0. The quantitative estimate of drug-likeness (QED) is 0.506. The van der Waals surface area contributed by atoms with E-state index in [1.165, 1.54) is 17.7 Å². The van der Waals surface area contributed by atoms with Crippen LogP contribution in [0.5, 0.6) is 0 Å². The number of hydrogen-bond acceptors (Lipinski definition) is 1. The molecule has 4 atom stereocenters. The molecule has 0 aromatic heterocycles. The van der Waals surface area contributed by atoms with Crippen molar-refractivity contribution in [1.82, 2.24) is 0 Å². The number of rotatable bonds is 4. The predicted molar refractivity (Wildman–Crippen MR) is 75.4 cm³/mol. The van der Waals surface area contributed by atoms with Gasteiger partial charge in [0.15, 0.2) is 0 Å². The molecule has 0 radical (unpaired) electrons. The van der Waals surface area contributed by atoms with Crippen molar-refractivity contribution in [2.45, 2.75) is 40.5 Å². The summed E-state index contributed by atoms with van der Waals surface area (Å²) in [4.78, 5) is 4.59. The van der Waals surface area contributed by atoms with Gasteiger partial charge in [0.25, 0.3) is 0 Å². The molecule has 1 saturated carbocycles. The molecule has 0 aliphatic heterocycles. The van der Waals surface area contributed by atoms with Gasteiger partial charge in [0.1, 0.15) is 0 Å². The molecular formula is C16H25N. The number of fused-ring (bicyclic) bond motifs is 1. The van der Waals surface area contributed by atoms with Crippen LogP contribution in [0.25, 0.3) is 0 Å². The van der Waals surface area contributed by atoms with Gasteiger partial charge in [-0.15, -0.1) is 0 Å². The zero-order valence-electron chi connectivity index (χ0n) is 11.7. The molecule has 0 N–H and O–H groups in total. The van der Waals surface area contributed by atoms with Crippen LogP contribution in [0.2, 0.25) is 0 Å². The van der Waals surface area contributed by atoms with Crippen molar-refractivity contribution in [3.63, 3.8) is 0 Å². The molecule has 3 aliphatic carbocycles. The Morgan fingerprint density at radius 1 is 1.47 bits per heavy atom. The van der Waals surface area contributed by atoms with E-state index in [1.807, 2.05) is 0 Å². The maximum atomic E-state index is 4.59. The van der Waals surface area contributed by atoms with Crippen molar-refractivity contribution in [2.75, 3.05) is 6.54 Å². The van der Waals surface area contributed by atoms with Crippen LogP contribution in [0.1, 0.15) is 40.5 Å². The fourth-order valence-electron chi connectivity index (χ4n) is 3.77. The molecule has 94 valence electrons. The highest BCUT2D eigenvalue weighted by atomic mass is 14.7. The molecule has 1 nitrogen and oxygen atoms in total. The van der Waals surface area contributed by atoms with E-state index < -0.39 is 0 Å². The molecule has 0 spiro atoms. The molecule has 2 bridgehead atoms. The maximum Gasteiger partial charge on any atom is 0.0360 e. The van der Waals surface area contributed by atoms with Crippen LogP contribution in [0.15, 0.2) is 29.3 Å². The van der Waals surface area contributed by atoms with Gasteiger partial charge in [-0.05, 0) is 38.5 Å². The first kappa shape index (κ1) is 12.6. The van der Waals surface area contributed by atoms with E-state index >= 15 is 0 Å². The van der Waals surface area contributed by atoms with Crippen molar-refractivity contribution in [2.24, 2.45) is 28.2 Å². The molecule has 0 saturated heterocycles. The zero-order chi connectivity index (χ0) is 12.6. The highest BCUT2D eigenvalue weighted by Gasteiger charge is 2.55. The first-order chi connectivity index (χ1) is 8.06. The first-order valence-corrected chi connectivity index (χ1v) is 6.95. The van der Waals surface area contributed by atoms with Gasteiger partial charge in [0, 0.05) is 23.6 Å². The van der Waals surface area contributed by atoms with E-state index in [1.54, 1.807) is 0 Å². The van der Waals surface area contributed by atoms with E-state index in [9.17, 15) is 0 Å². The summed E-state index contributed by atoms with van der Waals surface area (Å²) in [6, 6.07) is 0. The number of allylic oxidation sites excluding steroid dienone is 3. The van der Waals surface area contributed by atoms with E-state index in [2.05, 4.69) is 51.4 Å². The second-order valence-electron chi connectivity index (χ2n) is 5.65. The largest absolute Gasteiger partial charge is 0.294 e. The van der Waals surface area contributed by atoms with Gasteiger partial charge >= 0.3 is 0 Å². The Morgan fingerprint density at radius 2 is 2.18 bits per heavy atom. The molecule has 3 rings (SSSR count). The van der Waals surface area contributed by atoms with Crippen LogP contribution < -0.4 is 0 Å². The molecule has 0 aromatic carbocycles. The minimum atomic E-state index is 0.322. The Labute approximate surface area is 106 Å². The summed E-state index contributed by atoms with van der Waals surface area (Å²) in [7, 11) is 0. The monoisotopic (exact) mass is 231 g/mol. The Morgan fingerprint density at radius 3 is 2.65 bits per heavy atom. The second kappa shape index (κ2) is 4.44. The third-order valence-corrected chi connectivity index (χ3v) is 5.07. The van der Waals surface area contributed by atoms with Gasteiger partial charge in [0.05, 0.1) is 0 Å². The molecule has 0 aromatic rings. The topological polar surface area (TPSA) is 12.4 Å². The summed E-state index contributed by atoms with van der Waals surface area (Å²) in [5.74, 6) is 2.11. The standard InChI is InChI=1S/C16H25N/c1-6-11(3)16-9-8-14(13(5)17-7-2)15(10-16)12(16)4/h8-9,12,14-15H,3,6-7,10H2,1-2,4-5H3/t12-,14?,15?,16?/m0/s1. The fourth-order valence-corrected chi connectivity index (χ4v) is 3.77. The zero-order valence-corrected chi connectivity index (χ0v) is 11.7. The normalized spacial score (nSPS) is 40.0. The number of aliphatic imine (C=N–C) groups is 1. The number of hydrogen-bond donors (Lipinski definition) is 0. The average Bonchev–Trinajstić information content (AvgIpc) is 2.36. The maximum absolute atomic E-state index is 4.59. The van der Waals surface area contributed by atoms with Crippen LogP contribution in [-0.2, 0) is 0 Å². The molecule has 17 heavy (non-hydrogen) atoms. The van der Waals surface area contributed by atoms with Crippen LogP contribution >= 0.6 is 0 Å². The first-order valence-electron chi connectivity index (χ1n) is 6.95. The lowest BCUT2D eigenvalue weighted by molar-refractivity contribution is 0.0165. The predicted octanol–water partition coefficient (Wildman–Crippen LogP) is 4.26. The van der Waals surface area contributed by atoms with Crippen molar-refractivity contribution in [1.29, 1.82) is 0 Å². The Hall–Kier alpha value is -0.850. The highest BCUT2D eigenvalue weighted by molar-refractivity contribution is 5.87. The van der Waals surface area contributed by atoms with Crippen molar-refractivity contribution in [3.05, 3.63) is 24.3 Å². The average molecular weight is 231 g/mol. The van der Waals surface area contributed by atoms with Gasteiger partial charge in [-0.2, -0.15) is 0 Å².